The van der Waals surface area contributed by atoms with Crippen LogP contribution in [0.3, 0.4) is 0 Å². The first-order chi connectivity index (χ1) is 2.89. The van der Waals surface area contributed by atoms with E-state index in [4.69, 9.17) is 5.73 Å². The van der Waals surface area contributed by atoms with Crippen molar-refractivity contribution in [3.8, 4) is 0 Å². The first-order valence-electron chi connectivity index (χ1n) is 1.42. The van der Waals surface area contributed by atoms with E-state index in [9.17, 15) is 0 Å². The Hall–Kier alpha value is -0.640. The van der Waals surface area contributed by atoms with E-state index in [-0.39, 0.29) is 0 Å². The molecule has 1 rings (SSSR count). The van der Waals surface area contributed by atoms with E-state index < -0.39 is 0 Å². The molecule has 0 radical (unpaired) electrons. The zero-order valence-electron chi connectivity index (χ0n) is 2.96. The number of anilines is 1. The van der Waals surface area contributed by atoms with E-state index in [0.29, 0.717) is 5.00 Å². The lowest BCUT2D eigenvalue weighted by Gasteiger charge is -1.63. The summed E-state index contributed by atoms with van der Waals surface area (Å²) in [5, 5.41) is 4.13. The smallest absolute Gasteiger partial charge is 0.127 e. The number of hydrogen-bond donors (Lipinski definition) is 1. The Morgan fingerprint density at radius 3 is 2.83 bits per heavy atom. The van der Waals surface area contributed by atoms with E-state index >= 15 is 0 Å². The summed E-state index contributed by atoms with van der Waals surface area (Å²) in [6.45, 7) is 0. The van der Waals surface area contributed by atoms with Crippen LogP contribution in [0.4, 0.5) is 5.00 Å². The molecule has 0 saturated heterocycles. The fourth-order valence-corrected chi connectivity index (χ4v) is 0.458. The van der Waals surface area contributed by atoms with Crippen LogP contribution in [-0.2, 0) is 0 Å². The maximum atomic E-state index is 5.17. The maximum Gasteiger partial charge on any atom is 0.127 e. The van der Waals surface area contributed by atoms with Crippen molar-refractivity contribution >= 4 is 16.5 Å². The van der Waals surface area contributed by atoms with Gasteiger partial charge in [0.1, 0.15) is 5.00 Å². The fraction of sp³-hybridized carbons (Fsp3) is 0. The van der Waals surface area contributed by atoms with Gasteiger partial charge in [0.15, 0.2) is 0 Å². The summed E-state index contributed by atoms with van der Waals surface area (Å²) in [6, 6.07) is 0. The second-order valence-electron chi connectivity index (χ2n) is 0.820. The summed E-state index contributed by atoms with van der Waals surface area (Å²) >= 11 is 1.19. The van der Waals surface area contributed by atoms with Crippen LogP contribution in [0.5, 0.6) is 0 Å². The van der Waals surface area contributed by atoms with Crippen molar-refractivity contribution in [2.24, 2.45) is 0 Å². The second-order valence-corrected chi connectivity index (χ2v) is 1.64. The molecule has 0 aliphatic carbocycles. The highest BCUT2D eigenvalue weighted by Crippen LogP contribution is 1.99. The zero-order valence-corrected chi connectivity index (χ0v) is 3.77. The molecule has 0 atom stereocenters. The Bertz CT molecular complexity index is 112. The van der Waals surface area contributed by atoms with Crippen LogP contribution in [0.25, 0.3) is 0 Å². The van der Waals surface area contributed by atoms with Crippen molar-refractivity contribution in [3.05, 3.63) is 6.20 Å². The van der Waals surface area contributed by atoms with Gasteiger partial charge < -0.3 is 5.73 Å². The quantitative estimate of drug-likeness (QED) is 0.505. The normalized spacial score (nSPS) is 8.67. The number of nitrogen functional groups attached to an aromatic ring is 1. The average molecular weight is 101 g/mol. The molecule has 1 aromatic heterocycles. The Morgan fingerprint density at radius 2 is 2.67 bits per heavy atom. The Labute approximate surface area is 39.0 Å². The van der Waals surface area contributed by atoms with Crippen LogP contribution in [0.15, 0.2) is 6.20 Å². The van der Waals surface area contributed by atoms with E-state index in [2.05, 4.69) is 9.59 Å². The molecule has 0 unspecified atom stereocenters. The lowest BCUT2D eigenvalue weighted by atomic mass is 10.9. The molecule has 0 aliphatic heterocycles. The third-order valence-electron chi connectivity index (χ3n) is 0.378. The van der Waals surface area contributed by atoms with E-state index in [1.165, 1.54) is 17.7 Å². The predicted octanol–water partition coefficient (Wildman–Crippen LogP) is 0.120. The summed E-state index contributed by atoms with van der Waals surface area (Å²) in [5.41, 5.74) is 5.17. The summed E-state index contributed by atoms with van der Waals surface area (Å²) < 4.78 is 3.49. The molecule has 0 spiro atoms. The van der Waals surface area contributed by atoms with Crippen LogP contribution < -0.4 is 5.73 Å². The Kier molecular flexibility index (Phi) is 0.719. The monoisotopic (exact) mass is 101 g/mol. The van der Waals surface area contributed by atoms with Crippen LogP contribution in [0, 0.1) is 0 Å². The standard InChI is InChI=1S/C2H3N3S/c3-2-1-4-5-6-2/h1H,3H2. The van der Waals surface area contributed by atoms with Crippen molar-refractivity contribution < 1.29 is 0 Å². The number of rotatable bonds is 0. The highest BCUT2D eigenvalue weighted by Gasteiger charge is 1.78. The first-order valence-corrected chi connectivity index (χ1v) is 2.20. The Balaban J connectivity index is 3.05. The van der Waals surface area contributed by atoms with Crippen LogP contribution in [-0.4, -0.2) is 9.59 Å². The van der Waals surface area contributed by atoms with Gasteiger partial charge in [0.2, 0.25) is 0 Å². The summed E-state index contributed by atoms with van der Waals surface area (Å²) in [5.74, 6) is 0. The van der Waals surface area contributed by atoms with Gasteiger partial charge in [-0.15, -0.1) is 5.10 Å². The molecule has 6 heavy (non-hydrogen) atoms. The van der Waals surface area contributed by atoms with Gasteiger partial charge >= 0.3 is 0 Å². The summed E-state index contributed by atoms with van der Waals surface area (Å²) in [7, 11) is 0. The molecule has 0 saturated carbocycles. The maximum absolute atomic E-state index is 5.17. The van der Waals surface area contributed by atoms with Gasteiger partial charge in [0.25, 0.3) is 0 Å². The predicted molar refractivity (Wildman–Crippen MR) is 24.3 cm³/mol. The van der Waals surface area contributed by atoms with Crippen LogP contribution >= 0.6 is 11.5 Å². The molecule has 0 aromatic carbocycles. The van der Waals surface area contributed by atoms with Crippen molar-refractivity contribution in [2.45, 2.75) is 0 Å². The van der Waals surface area contributed by atoms with Gasteiger partial charge in [-0.3, -0.25) is 0 Å². The minimum Gasteiger partial charge on any atom is -0.388 e. The average Bonchev–Trinajstić information content (AvgIpc) is 1.86. The number of nitrogens with two attached hydrogens (primary N) is 1. The molecule has 4 heteroatoms. The van der Waals surface area contributed by atoms with Crippen molar-refractivity contribution in [3.63, 3.8) is 0 Å². The van der Waals surface area contributed by atoms with Gasteiger partial charge in [-0.05, 0) is 0 Å². The summed E-state index contributed by atoms with van der Waals surface area (Å²) in [4.78, 5) is 0. The molecule has 2 N–H and O–H groups in total. The number of nitrogens with zero attached hydrogens (tertiary/aromatic N) is 2. The molecule has 32 valence electrons. The zero-order chi connectivity index (χ0) is 4.41. The van der Waals surface area contributed by atoms with Crippen molar-refractivity contribution in [1.82, 2.24) is 9.59 Å². The Morgan fingerprint density at radius 1 is 1.83 bits per heavy atom. The third kappa shape index (κ3) is 0.463. The minimum absolute atomic E-state index is 0.662. The van der Waals surface area contributed by atoms with E-state index in [1.807, 2.05) is 0 Å². The highest BCUT2D eigenvalue weighted by molar-refractivity contribution is 7.09. The van der Waals surface area contributed by atoms with Gasteiger partial charge in [0.05, 0.1) is 6.20 Å². The van der Waals surface area contributed by atoms with E-state index in [0.717, 1.165) is 0 Å². The van der Waals surface area contributed by atoms with Gasteiger partial charge in [0, 0.05) is 11.5 Å². The molecule has 0 aliphatic rings. The molecule has 0 fully saturated rings. The molecular weight excluding hydrogens is 98.1 g/mol. The number of aromatic nitrogens is 2. The van der Waals surface area contributed by atoms with Crippen molar-refractivity contribution in [2.75, 3.05) is 5.73 Å². The van der Waals surface area contributed by atoms with Crippen molar-refractivity contribution in [1.29, 1.82) is 0 Å². The first kappa shape index (κ1) is 3.55. The highest BCUT2D eigenvalue weighted by atomic mass is 32.1. The van der Waals surface area contributed by atoms with Gasteiger partial charge in [-0.2, -0.15) is 0 Å². The van der Waals surface area contributed by atoms with Crippen LogP contribution in [0.1, 0.15) is 0 Å². The minimum atomic E-state index is 0.662. The van der Waals surface area contributed by atoms with Gasteiger partial charge in [-0.1, -0.05) is 4.49 Å². The van der Waals surface area contributed by atoms with E-state index in [1.54, 1.807) is 0 Å². The summed E-state index contributed by atoms with van der Waals surface area (Å²) in [6.07, 6.45) is 1.52. The second kappa shape index (κ2) is 1.22. The number of hydrogen-bond acceptors (Lipinski definition) is 4. The molecular formula is C2H3N3S. The SMILES string of the molecule is Nc1cnns1. The largest absolute Gasteiger partial charge is 0.388 e. The molecule has 1 aromatic rings. The third-order valence-corrected chi connectivity index (χ3v) is 0.871. The van der Waals surface area contributed by atoms with Gasteiger partial charge in [-0.25, -0.2) is 0 Å². The molecule has 0 amide bonds. The van der Waals surface area contributed by atoms with Crippen LogP contribution in [0.2, 0.25) is 0 Å². The lowest BCUT2D eigenvalue weighted by Crippen LogP contribution is -1.73. The lowest BCUT2D eigenvalue weighted by molar-refractivity contribution is 1.16. The molecule has 1 heterocycles. The fourth-order valence-electron chi connectivity index (χ4n) is 0.175. The molecule has 0 bridgehead atoms. The molecule has 3 nitrogen and oxygen atoms in total. The topological polar surface area (TPSA) is 51.8 Å².